The van der Waals surface area contributed by atoms with E-state index < -0.39 is 30.2 Å². The number of hydrogen-bond acceptors (Lipinski definition) is 4. The zero-order valence-electron chi connectivity index (χ0n) is 16.4. The van der Waals surface area contributed by atoms with Crippen LogP contribution in [0.5, 0.6) is 5.75 Å². The van der Waals surface area contributed by atoms with Crippen molar-refractivity contribution < 1.29 is 28.2 Å². The Labute approximate surface area is 172 Å². The number of rotatable bonds is 6. The van der Waals surface area contributed by atoms with Gasteiger partial charge in [-0.15, -0.1) is 0 Å². The number of urea groups is 1. The lowest BCUT2D eigenvalue weighted by Crippen LogP contribution is -2.41. The lowest BCUT2D eigenvalue weighted by atomic mass is 9.89. The van der Waals surface area contributed by atoms with E-state index in [1.54, 1.807) is 6.92 Å². The fraction of sp³-hybridized carbons (Fsp3) is 0.364. The second-order valence-corrected chi connectivity index (χ2v) is 7.77. The number of amides is 3. The van der Waals surface area contributed by atoms with E-state index in [4.69, 9.17) is 0 Å². The summed E-state index contributed by atoms with van der Waals surface area (Å²) in [5, 5.41) is 13.2. The van der Waals surface area contributed by atoms with Crippen LogP contribution in [0, 0.1) is 0 Å². The molecule has 2 unspecified atom stereocenters. The van der Waals surface area contributed by atoms with Crippen LogP contribution >= 0.6 is 0 Å². The third-order valence-corrected chi connectivity index (χ3v) is 5.80. The number of nitrogens with zero attached hydrogens (tertiary/aromatic N) is 1. The summed E-state index contributed by atoms with van der Waals surface area (Å²) in [6.45, 7) is -1.53. The van der Waals surface area contributed by atoms with Crippen LogP contribution in [0.1, 0.15) is 41.7 Å². The number of carbonyl (C=O) groups excluding carboxylic acids is 2. The van der Waals surface area contributed by atoms with E-state index in [1.807, 2.05) is 18.2 Å². The molecule has 0 aromatic heterocycles. The molecule has 3 amide bonds. The number of nitrogens with one attached hydrogen (secondary N) is 1. The number of fused-ring (bicyclic) bond motifs is 1. The van der Waals surface area contributed by atoms with E-state index in [-0.39, 0.29) is 12.3 Å². The van der Waals surface area contributed by atoms with E-state index in [1.165, 1.54) is 35.4 Å². The van der Waals surface area contributed by atoms with Crippen molar-refractivity contribution in [3.8, 4) is 5.75 Å². The molecular formula is C22H22F2N2O4. The Bertz CT molecular complexity index is 980. The van der Waals surface area contributed by atoms with Gasteiger partial charge in [0.15, 0.2) is 0 Å². The number of aryl methyl sites for hydroxylation is 2. The van der Waals surface area contributed by atoms with Crippen molar-refractivity contribution in [1.82, 2.24) is 10.2 Å². The molecule has 2 atom stereocenters. The highest BCUT2D eigenvalue weighted by Crippen LogP contribution is 2.33. The first kappa shape index (κ1) is 20.3. The van der Waals surface area contributed by atoms with Gasteiger partial charge in [-0.2, -0.15) is 8.78 Å². The second kappa shape index (κ2) is 7.68. The number of carbonyl (C=O) groups is 2. The lowest BCUT2D eigenvalue weighted by molar-refractivity contribution is -0.132. The molecular weight excluding hydrogens is 394 g/mol. The van der Waals surface area contributed by atoms with Gasteiger partial charge in [0.2, 0.25) is 0 Å². The SMILES string of the molecule is CC1(c2ccc3c(c2)CCC3)NC(=O)N(CC(O)c2ccc(OC(F)F)cc2)C1=O. The smallest absolute Gasteiger partial charge is 0.387 e. The van der Waals surface area contributed by atoms with E-state index in [2.05, 4.69) is 10.1 Å². The Morgan fingerprint density at radius 3 is 2.53 bits per heavy atom. The largest absolute Gasteiger partial charge is 0.435 e. The molecule has 0 bridgehead atoms. The summed E-state index contributed by atoms with van der Waals surface area (Å²) in [4.78, 5) is 26.6. The predicted molar refractivity (Wildman–Crippen MR) is 104 cm³/mol. The average Bonchev–Trinajstić information content (AvgIpc) is 3.26. The van der Waals surface area contributed by atoms with Crippen LogP contribution < -0.4 is 10.1 Å². The van der Waals surface area contributed by atoms with Crippen molar-refractivity contribution in [3.63, 3.8) is 0 Å². The first-order chi connectivity index (χ1) is 14.3. The van der Waals surface area contributed by atoms with Crippen LogP contribution in [-0.4, -0.2) is 35.1 Å². The van der Waals surface area contributed by atoms with Gasteiger partial charge in [-0.25, -0.2) is 4.79 Å². The topological polar surface area (TPSA) is 78.9 Å². The highest BCUT2D eigenvalue weighted by Gasteiger charge is 2.49. The highest BCUT2D eigenvalue weighted by molar-refractivity contribution is 6.07. The fourth-order valence-corrected chi connectivity index (χ4v) is 4.09. The van der Waals surface area contributed by atoms with E-state index in [0.29, 0.717) is 11.1 Å². The number of aliphatic hydroxyl groups is 1. The minimum atomic E-state index is -2.94. The maximum absolute atomic E-state index is 13.1. The van der Waals surface area contributed by atoms with Gasteiger partial charge in [0.1, 0.15) is 11.3 Å². The second-order valence-electron chi connectivity index (χ2n) is 7.77. The van der Waals surface area contributed by atoms with Gasteiger partial charge < -0.3 is 15.2 Å². The highest BCUT2D eigenvalue weighted by atomic mass is 19.3. The molecule has 0 radical (unpaired) electrons. The molecule has 158 valence electrons. The first-order valence-electron chi connectivity index (χ1n) is 9.77. The Morgan fingerprint density at radius 1 is 1.13 bits per heavy atom. The van der Waals surface area contributed by atoms with Gasteiger partial charge >= 0.3 is 12.6 Å². The van der Waals surface area contributed by atoms with Gasteiger partial charge in [0.05, 0.1) is 12.6 Å². The third kappa shape index (κ3) is 3.63. The van der Waals surface area contributed by atoms with E-state index in [9.17, 15) is 23.5 Å². The molecule has 1 aliphatic carbocycles. The number of ether oxygens (including phenoxy) is 1. The summed E-state index contributed by atoms with van der Waals surface area (Å²) >= 11 is 0. The van der Waals surface area contributed by atoms with Crippen LogP contribution in [0.2, 0.25) is 0 Å². The molecule has 0 spiro atoms. The van der Waals surface area contributed by atoms with Gasteiger partial charge in [0, 0.05) is 0 Å². The van der Waals surface area contributed by atoms with Crippen LogP contribution in [-0.2, 0) is 23.2 Å². The fourth-order valence-electron chi connectivity index (χ4n) is 4.09. The summed E-state index contributed by atoms with van der Waals surface area (Å²) in [5.41, 5.74) is 2.35. The molecule has 2 aromatic rings. The molecule has 2 aliphatic rings. The molecule has 1 saturated heterocycles. The molecule has 0 saturated carbocycles. The molecule has 30 heavy (non-hydrogen) atoms. The lowest BCUT2D eigenvalue weighted by Gasteiger charge is -2.24. The number of benzene rings is 2. The molecule has 6 nitrogen and oxygen atoms in total. The maximum Gasteiger partial charge on any atom is 0.387 e. The van der Waals surface area contributed by atoms with Crippen LogP contribution in [0.15, 0.2) is 42.5 Å². The van der Waals surface area contributed by atoms with Crippen molar-refractivity contribution in [3.05, 3.63) is 64.7 Å². The van der Waals surface area contributed by atoms with E-state index in [0.717, 1.165) is 24.2 Å². The average molecular weight is 416 g/mol. The molecule has 2 N–H and O–H groups in total. The van der Waals surface area contributed by atoms with Gasteiger partial charge in [-0.1, -0.05) is 30.3 Å². The third-order valence-electron chi connectivity index (χ3n) is 5.80. The summed E-state index contributed by atoms with van der Waals surface area (Å²) in [5.74, 6) is -0.484. The minimum absolute atomic E-state index is 0.0415. The molecule has 1 aliphatic heterocycles. The molecule has 1 fully saturated rings. The zero-order chi connectivity index (χ0) is 21.5. The van der Waals surface area contributed by atoms with E-state index >= 15 is 0 Å². The van der Waals surface area contributed by atoms with Crippen molar-refractivity contribution in [1.29, 1.82) is 0 Å². The Kier molecular flexibility index (Phi) is 5.19. The number of hydrogen-bond donors (Lipinski definition) is 2. The molecule has 8 heteroatoms. The Hall–Kier alpha value is -3.00. The van der Waals surface area contributed by atoms with Crippen molar-refractivity contribution >= 4 is 11.9 Å². The van der Waals surface area contributed by atoms with Crippen molar-refractivity contribution in [2.24, 2.45) is 0 Å². The monoisotopic (exact) mass is 416 g/mol. The number of imide groups is 1. The number of aliphatic hydroxyl groups excluding tert-OH is 1. The van der Waals surface area contributed by atoms with Crippen molar-refractivity contribution in [2.45, 2.75) is 44.4 Å². The molecule has 4 rings (SSSR count). The zero-order valence-corrected chi connectivity index (χ0v) is 16.4. The summed E-state index contributed by atoms with van der Waals surface area (Å²) in [6, 6.07) is 10.7. The van der Waals surface area contributed by atoms with Gasteiger partial charge in [-0.05, 0) is 60.6 Å². The van der Waals surface area contributed by atoms with Gasteiger partial charge in [0.25, 0.3) is 5.91 Å². The summed E-state index contributed by atoms with van der Waals surface area (Å²) in [7, 11) is 0. The minimum Gasteiger partial charge on any atom is -0.435 e. The van der Waals surface area contributed by atoms with Crippen LogP contribution in [0.4, 0.5) is 13.6 Å². The predicted octanol–water partition coefficient (Wildman–Crippen LogP) is 3.28. The van der Waals surface area contributed by atoms with Crippen molar-refractivity contribution in [2.75, 3.05) is 6.54 Å². The molecule has 1 heterocycles. The quantitative estimate of drug-likeness (QED) is 0.709. The summed E-state index contributed by atoms with van der Waals surface area (Å²) < 4.78 is 28.8. The number of halogens is 2. The van der Waals surface area contributed by atoms with Gasteiger partial charge in [-0.3, -0.25) is 9.69 Å². The molecule has 2 aromatic carbocycles. The van der Waals surface area contributed by atoms with Crippen LogP contribution in [0.3, 0.4) is 0 Å². The van der Waals surface area contributed by atoms with Crippen LogP contribution in [0.25, 0.3) is 0 Å². The first-order valence-corrected chi connectivity index (χ1v) is 9.77. The Balaban J connectivity index is 1.50. The standard InChI is InChI=1S/C22H22F2N2O4/c1-22(16-8-5-13-3-2-4-15(13)11-16)19(28)26(21(29)25-22)12-18(27)14-6-9-17(10-7-14)30-20(23)24/h5-11,18,20,27H,2-4,12H2,1H3,(H,25,29). The maximum atomic E-state index is 13.1. The summed E-state index contributed by atoms with van der Waals surface area (Å²) in [6.07, 6.45) is 1.89. The number of alkyl halides is 2. The normalized spacial score (nSPS) is 21.7. The number of β-amino-alcohol motifs (C(OH)–C–C–N with tert-alkyl or cyclic N) is 1. The Morgan fingerprint density at radius 2 is 1.83 bits per heavy atom.